The number of allylic oxidation sites excluding steroid dienone is 1. The third-order valence-corrected chi connectivity index (χ3v) is 3.45. The molecular formula is C19H25N3O4. The molecule has 1 N–H and O–H groups in total. The molecule has 0 aromatic heterocycles. The highest BCUT2D eigenvalue weighted by atomic mass is 16.6. The average Bonchev–Trinajstić information content (AvgIpc) is 2.54. The molecule has 0 unspecified atom stereocenters. The maximum Gasteiger partial charge on any atom is 0.417 e. The van der Waals surface area contributed by atoms with E-state index < -0.39 is 17.7 Å². The number of ether oxygens (including phenoxy) is 2. The normalized spacial score (nSPS) is 14.7. The van der Waals surface area contributed by atoms with Crippen molar-refractivity contribution >= 4 is 23.7 Å². The van der Waals surface area contributed by atoms with E-state index in [4.69, 9.17) is 9.47 Å². The second-order valence-corrected chi connectivity index (χ2v) is 6.78. The zero-order valence-electron chi connectivity index (χ0n) is 15.8. The minimum atomic E-state index is -0.671. The zero-order chi connectivity index (χ0) is 19.3. The number of carbonyl (C=O) groups is 2. The number of rotatable bonds is 3. The van der Waals surface area contributed by atoms with Crippen molar-refractivity contribution in [3.8, 4) is 0 Å². The van der Waals surface area contributed by atoms with Crippen LogP contribution in [0.5, 0.6) is 0 Å². The van der Waals surface area contributed by atoms with Crippen LogP contribution < -0.4 is 5.32 Å². The fourth-order valence-corrected chi connectivity index (χ4v) is 2.28. The van der Waals surface area contributed by atoms with Gasteiger partial charge in [-0.3, -0.25) is 0 Å². The molecule has 7 heteroatoms. The molecule has 0 bridgehead atoms. The number of esters is 1. The number of amides is 1. The molecule has 0 saturated carbocycles. The molecule has 0 spiro atoms. The smallest absolute Gasteiger partial charge is 0.417 e. The second kappa shape index (κ2) is 8.03. The number of aliphatic imine (C=N–C) groups is 1. The van der Waals surface area contributed by atoms with Crippen LogP contribution in [-0.4, -0.2) is 41.7 Å². The van der Waals surface area contributed by atoms with Gasteiger partial charge in [-0.05, 0) is 46.8 Å². The lowest BCUT2D eigenvalue weighted by Crippen LogP contribution is -2.47. The summed E-state index contributed by atoms with van der Waals surface area (Å²) in [4.78, 5) is 30.5. The van der Waals surface area contributed by atoms with Crippen LogP contribution in [-0.2, 0) is 14.3 Å². The van der Waals surface area contributed by atoms with Gasteiger partial charge in [0.05, 0.1) is 24.4 Å². The summed E-state index contributed by atoms with van der Waals surface area (Å²) in [5.41, 5.74) is 0.931. The molecule has 1 amide bonds. The lowest BCUT2D eigenvalue weighted by atomic mass is 10.1. The van der Waals surface area contributed by atoms with Crippen LogP contribution in [0.3, 0.4) is 0 Å². The maximum atomic E-state index is 12.7. The van der Waals surface area contributed by atoms with Crippen LogP contribution in [0.15, 0.2) is 46.6 Å². The molecule has 1 aromatic rings. The Hall–Kier alpha value is -2.83. The number of guanidine groups is 1. The monoisotopic (exact) mass is 359 g/mol. The van der Waals surface area contributed by atoms with Crippen LogP contribution in [0.25, 0.3) is 0 Å². The molecule has 7 nitrogen and oxygen atoms in total. The van der Waals surface area contributed by atoms with E-state index in [0.717, 1.165) is 5.69 Å². The molecule has 26 heavy (non-hydrogen) atoms. The molecule has 0 radical (unpaired) electrons. The van der Waals surface area contributed by atoms with Gasteiger partial charge < -0.3 is 14.8 Å². The predicted octanol–water partition coefficient (Wildman–Crippen LogP) is 3.54. The Kier molecular flexibility index (Phi) is 6.02. The Morgan fingerprint density at radius 3 is 2.46 bits per heavy atom. The molecule has 0 atom stereocenters. The van der Waals surface area contributed by atoms with Crippen molar-refractivity contribution in [2.45, 2.75) is 40.2 Å². The van der Waals surface area contributed by atoms with E-state index in [0.29, 0.717) is 17.2 Å². The quantitative estimate of drug-likeness (QED) is 0.835. The molecule has 1 aromatic carbocycles. The Bertz CT molecular complexity index is 733. The Morgan fingerprint density at radius 2 is 1.88 bits per heavy atom. The number of benzene rings is 1. The van der Waals surface area contributed by atoms with E-state index in [-0.39, 0.29) is 13.2 Å². The molecule has 1 aliphatic heterocycles. The second-order valence-electron chi connectivity index (χ2n) is 6.78. The minimum Gasteiger partial charge on any atom is -0.463 e. The van der Waals surface area contributed by atoms with Gasteiger partial charge in [-0.15, -0.1) is 0 Å². The van der Waals surface area contributed by atoms with E-state index in [1.54, 1.807) is 34.6 Å². The zero-order valence-corrected chi connectivity index (χ0v) is 15.8. The third kappa shape index (κ3) is 5.08. The van der Waals surface area contributed by atoms with Crippen molar-refractivity contribution in [3.05, 3.63) is 41.6 Å². The highest BCUT2D eigenvalue weighted by Gasteiger charge is 2.32. The number of carbonyl (C=O) groups excluding carboxylic acids is 2. The lowest BCUT2D eigenvalue weighted by molar-refractivity contribution is -0.138. The first-order valence-electron chi connectivity index (χ1n) is 8.49. The predicted molar refractivity (Wildman–Crippen MR) is 99.8 cm³/mol. The SMILES string of the molecule is CCOC(=O)C1=C(C)N=C(Nc2ccccc2)N(C(=O)OC(C)(C)C)C1. The molecule has 2 rings (SSSR count). The molecule has 1 aliphatic rings. The van der Waals surface area contributed by atoms with Crippen molar-refractivity contribution < 1.29 is 19.1 Å². The van der Waals surface area contributed by atoms with Crippen LogP contribution >= 0.6 is 0 Å². The fourth-order valence-electron chi connectivity index (χ4n) is 2.28. The van der Waals surface area contributed by atoms with Gasteiger partial charge in [0.25, 0.3) is 0 Å². The molecular weight excluding hydrogens is 334 g/mol. The average molecular weight is 359 g/mol. The molecule has 0 saturated heterocycles. The number of nitrogens with zero attached hydrogens (tertiary/aromatic N) is 2. The van der Waals surface area contributed by atoms with Crippen molar-refractivity contribution in [3.63, 3.8) is 0 Å². The number of para-hydroxylation sites is 1. The van der Waals surface area contributed by atoms with E-state index in [1.165, 1.54) is 4.90 Å². The Balaban J connectivity index is 2.35. The van der Waals surface area contributed by atoms with Gasteiger partial charge in [-0.25, -0.2) is 19.5 Å². The maximum absolute atomic E-state index is 12.7. The molecule has 1 heterocycles. The van der Waals surface area contributed by atoms with E-state index in [9.17, 15) is 9.59 Å². The van der Waals surface area contributed by atoms with Crippen LogP contribution in [0, 0.1) is 0 Å². The highest BCUT2D eigenvalue weighted by molar-refractivity contribution is 6.05. The Labute approximate surface area is 153 Å². The summed E-state index contributed by atoms with van der Waals surface area (Å²) < 4.78 is 10.5. The molecule has 140 valence electrons. The van der Waals surface area contributed by atoms with Crippen LogP contribution in [0.1, 0.15) is 34.6 Å². The highest BCUT2D eigenvalue weighted by Crippen LogP contribution is 2.21. The van der Waals surface area contributed by atoms with Gasteiger partial charge in [0.1, 0.15) is 5.60 Å². The summed E-state index contributed by atoms with van der Waals surface area (Å²) in [5, 5.41) is 3.11. The molecule has 0 fully saturated rings. The first kappa shape index (κ1) is 19.5. The summed E-state index contributed by atoms with van der Waals surface area (Å²) >= 11 is 0. The summed E-state index contributed by atoms with van der Waals surface area (Å²) in [6.45, 7) is 9.06. The van der Waals surface area contributed by atoms with Crippen molar-refractivity contribution in [2.75, 3.05) is 18.5 Å². The lowest BCUT2D eigenvalue weighted by Gasteiger charge is -2.31. The number of hydrogen-bond donors (Lipinski definition) is 1. The van der Waals surface area contributed by atoms with E-state index in [2.05, 4.69) is 10.3 Å². The van der Waals surface area contributed by atoms with Gasteiger partial charge in [-0.2, -0.15) is 0 Å². The third-order valence-electron chi connectivity index (χ3n) is 3.45. The van der Waals surface area contributed by atoms with Gasteiger partial charge in [0.15, 0.2) is 0 Å². The van der Waals surface area contributed by atoms with Crippen LogP contribution in [0.4, 0.5) is 10.5 Å². The van der Waals surface area contributed by atoms with Gasteiger partial charge >= 0.3 is 12.1 Å². The first-order valence-corrected chi connectivity index (χ1v) is 8.49. The fraction of sp³-hybridized carbons (Fsp3) is 0.421. The summed E-state index contributed by atoms with van der Waals surface area (Å²) in [7, 11) is 0. The van der Waals surface area contributed by atoms with Gasteiger partial charge in [0, 0.05) is 5.69 Å². The topological polar surface area (TPSA) is 80.2 Å². The van der Waals surface area contributed by atoms with Gasteiger partial charge in [0.2, 0.25) is 5.96 Å². The van der Waals surface area contributed by atoms with Crippen LogP contribution in [0.2, 0.25) is 0 Å². The number of hydrogen-bond acceptors (Lipinski definition) is 6. The molecule has 0 aliphatic carbocycles. The van der Waals surface area contributed by atoms with Crippen molar-refractivity contribution in [1.82, 2.24) is 4.90 Å². The summed E-state index contributed by atoms with van der Waals surface area (Å²) in [6, 6.07) is 9.35. The van der Waals surface area contributed by atoms with Crippen molar-refractivity contribution in [1.29, 1.82) is 0 Å². The van der Waals surface area contributed by atoms with E-state index in [1.807, 2.05) is 30.3 Å². The number of anilines is 1. The Morgan fingerprint density at radius 1 is 1.23 bits per heavy atom. The number of nitrogens with one attached hydrogen (secondary N) is 1. The summed E-state index contributed by atoms with van der Waals surface area (Å²) in [5.74, 6) is -0.183. The summed E-state index contributed by atoms with van der Waals surface area (Å²) in [6.07, 6.45) is -0.589. The van der Waals surface area contributed by atoms with E-state index >= 15 is 0 Å². The minimum absolute atomic E-state index is 0.0260. The largest absolute Gasteiger partial charge is 0.463 e. The van der Waals surface area contributed by atoms with Gasteiger partial charge in [-0.1, -0.05) is 18.2 Å². The van der Waals surface area contributed by atoms with Crippen molar-refractivity contribution in [2.24, 2.45) is 4.99 Å². The first-order chi connectivity index (χ1) is 12.2. The standard InChI is InChI=1S/C19H25N3O4/c1-6-25-16(23)15-12-22(18(24)26-19(3,4)5)17(20-13(15)2)21-14-10-8-7-9-11-14/h7-11H,6,12H2,1-5H3,(H,20,21).